The lowest BCUT2D eigenvalue weighted by molar-refractivity contribution is 0.00775. The number of halogens is 1. The molecule has 1 saturated heterocycles. The molecular weight excluding hydrogens is 374 g/mol. The highest BCUT2D eigenvalue weighted by Crippen LogP contribution is 2.51. The summed E-state index contributed by atoms with van der Waals surface area (Å²) in [6.07, 6.45) is 0.496. The van der Waals surface area contributed by atoms with E-state index in [-0.39, 0.29) is 5.41 Å². The van der Waals surface area contributed by atoms with Crippen LogP contribution in [-0.2, 0) is 5.54 Å². The standard InChI is InChI=1S/C17H20BrN3O3/c1-16(2,3)17(9-4-10-21(17)15(22)23)14-20-19-13(24-14)11-5-7-12(18)8-6-11/h5-8H,4,9-10H2,1-3H3,(H,22,23)/t17-/m1/s1. The monoisotopic (exact) mass is 393 g/mol. The average molecular weight is 394 g/mol. The second-order valence-corrected chi connectivity index (χ2v) is 7.98. The van der Waals surface area contributed by atoms with Gasteiger partial charge in [0.2, 0.25) is 11.8 Å². The lowest BCUT2D eigenvalue weighted by atomic mass is 9.71. The zero-order valence-corrected chi connectivity index (χ0v) is 15.5. The number of hydrogen-bond donors (Lipinski definition) is 1. The van der Waals surface area contributed by atoms with E-state index in [2.05, 4.69) is 26.1 Å². The summed E-state index contributed by atoms with van der Waals surface area (Å²) < 4.78 is 6.92. The maximum absolute atomic E-state index is 11.8. The van der Waals surface area contributed by atoms with Gasteiger partial charge in [-0.15, -0.1) is 10.2 Å². The topological polar surface area (TPSA) is 79.5 Å². The minimum absolute atomic E-state index is 0.368. The van der Waals surface area contributed by atoms with Gasteiger partial charge in [0.15, 0.2) is 0 Å². The molecule has 0 spiro atoms. The molecule has 0 bridgehead atoms. The molecule has 2 aromatic rings. The van der Waals surface area contributed by atoms with E-state index in [4.69, 9.17) is 4.42 Å². The largest absolute Gasteiger partial charge is 0.465 e. The van der Waals surface area contributed by atoms with E-state index in [1.165, 1.54) is 4.90 Å². The second-order valence-electron chi connectivity index (χ2n) is 7.07. The fourth-order valence-corrected chi connectivity index (χ4v) is 3.76. The Bertz CT molecular complexity index is 751. The molecule has 1 aliphatic rings. The van der Waals surface area contributed by atoms with E-state index < -0.39 is 11.6 Å². The first-order chi connectivity index (χ1) is 11.3. The van der Waals surface area contributed by atoms with Crippen LogP contribution in [0.2, 0.25) is 0 Å². The Hall–Kier alpha value is -1.89. The lowest BCUT2D eigenvalue weighted by Crippen LogP contribution is -2.53. The van der Waals surface area contributed by atoms with Crippen LogP contribution in [0.1, 0.15) is 39.5 Å². The highest BCUT2D eigenvalue weighted by molar-refractivity contribution is 9.10. The van der Waals surface area contributed by atoms with Gasteiger partial charge in [-0.05, 0) is 42.5 Å². The molecule has 7 heteroatoms. The van der Waals surface area contributed by atoms with Gasteiger partial charge in [0.05, 0.1) is 0 Å². The van der Waals surface area contributed by atoms with Crippen molar-refractivity contribution >= 4 is 22.0 Å². The zero-order valence-electron chi connectivity index (χ0n) is 13.9. The van der Waals surface area contributed by atoms with Gasteiger partial charge in [0.25, 0.3) is 0 Å². The number of hydrogen-bond acceptors (Lipinski definition) is 4. The molecule has 2 heterocycles. The molecule has 0 saturated carbocycles. The molecule has 3 rings (SSSR count). The molecule has 1 atom stereocenters. The van der Waals surface area contributed by atoms with E-state index in [9.17, 15) is 9.90 Å². The van der Waals surface area contributed by atoms with E-state index in [1.807, 2.05) is 45.0 Å². The number of nitrogens with zero attached hydrogens (tertiary/aromatic N) is 3. The van der Waals surface area contributed by atoms with Crippen molar-refractivity contribution in [2.45, 2.75) is 39.2 Å². The van der Waals surface area contributed by atoms with Crippen molar-refractivity contribution in [1.29, 1.82) is 0 Å². The summed E-state index contributed by atoms with van der Waals surface area (Å²) in [4.78, 5) is 13.2. The number of aromatic nitrogens is 2. The molecule has 128 valence electrons. The smallest absolute Gasteiger partial charge is 0.408 e. The number of rotatable bonds is 2. The van der Waals surface area contributed by atoms with Gasteiger partial charge in [0, 0.05) is 16.6 Å². The van der Waals surface area contributed by atoms with Crippen LogP contribution in [0.25, 0.3) is 11.5 Å². The molecule has 6 nitrogen and oxygen atoms in total. The van der Waals surface area contributed by atoms with Gasteiger partial charge >= 0.3 is 6.09 Å². The predicted octanol–water partition coefficient (Wildman–Crippen LogP) is 4.51. The molecule has 1 aliphatic heterocycles. The van der Waals surface area contributed by atoms with Crippen molar-refractivity contribution in [3.05, 3.63) is 34.6 Å². The molecular formula is C17H20BrN3O3. The number of amides is 1. The van der Waals surface area contributed by atoms with Gasteiger partial charge in [-0.2, -0.15) is 0 Å². The average Bonchev–Trinajstić information content (AvgIpc) is 3.14. The first-order valence-electron chi connectivity index (χ1n) is 7.86. The van der Waals surface area contributed by atoms with E-state index in [0.717, 1.165) is 16.5 Å². The van der Waals surface area contributed by atoms with E-state index in [1.54, 1.807) is 0 Å². The summed E-state index contributed by atoms with van der Waals surface area (Å²) >= 11 is 3.40. The zero-order chi connectivity index (χ0) is 17.5. The van der Waals surface area contributed by atoms with Crippen LogP contribution >= 0.6 is 15.9 Å². The van der Waals surface area contributed by atoms with Crippen molar-refractivity contribution in [3.63, 3.8) is 0 Å². The molecule has 1 amide bonds. The molecule has 1 N–H and O–H groups in total. The SMILES string of the molecule is CC(C)(C)[C@]1(c2nnc(-c3ccc(Br)cc3)o2)CCCN1C(=O)O. The lowest BCUT2D eigenvalue weighted by Gasteiger charge is -2.44. The van der Waals surface area contributed by atoms with Crippen molar-refractivity contribution in [2.75, 3.05) is 6.54 Å². The Morgan fingerprint density at radius 2 is 1.96 bits per heavy atom. The molecule has 1 aromatic carbocycles. The predicted molar refractivity (Wildman–Crippen MR) is 92.5 cm³/mol. The van der Waals surface area contributed by atoms with Crippen molar-refractivity contribution in [3.8, 4) is 11.5 Å². The summed E-state index contributed by atoms with van der Waals surface area (Å²) in [5.41, 5.74) is -0.369. The third-order valence-electron chi connectivity index (χ3n) is 4.72. The Labute approximate surface area is 149 Å². The van der Waals surface area contributed by atoms with Gasteiger partial charge < -0.3 is 9.52 Å². The second kappa shape index (κ2) is 5.88. The van der Waals surface area contributed by atoms with Gasteiger partial charge in [0.1, 0.15) is 5.54 Å². The third kappa shape index (κ3) is 2.60. The van der Waals surface area contributed by atoms with Crippen LogP contribution in [0.5, 0.6) is 0 Å². The first kappa shape index (κ1) is 17.0. The van der Waals surface area contributed by atoms with Gasteiger partial charge in [-0.1, -0.05) is 36.7 Å². The highest BCUT2D eigenvalue weighted by atomic mass is 79.9. The van der Waals surface area contributed by atoms with Crippen LogP contribution in [0.3, 0.4) is 0 Å². The van der Waals surface area contributed by atoms with Crippen LogP contribution in [0, 0.1) is 5.41 Å². The minimum atomic E-state index is -0.953. The van der Waals surface area contributed by atoms with Gasteiger partial charge in [-0.3, -0.25) is 4.90 Å². The molecule has 0 aliphatic carbocycles. The normalized spacial score (nSPS) is 21.2. The van der Waals surface area contributed by atoms with Crippen LogP contribution < -0.4 is 0 Å². The Kier molecular flexibility index (Phi) is 4.15. The molecule has 1 fully saturated rings. The Morgan fingerprint density at radius 3 is 2.54 bits per heavy atom. The Balaban J connectivity index is 2.07. The molecule has 0 unspecified atom stereocenters. The first-order valence-corrected chi connectivity index (χ1v) is 8.65. The highest BCUT2D eigenvalue weighted by Gasteiger charge is 2.56. The summed E-state index contributed by atoms with van der Waals surface area (Å²) in [6, 6.07) is 7.57. The fraction of sp³-hybridized carbons (Fsp3) is 0.471. The van der Waals surface area contributed by atoms with E-state index in [0.29, 0.717) is 24.7 Å². The summed E-state index contributed by atoms with van der Waals surface area (Å²) in [7, 11) is 0. The summed E-state index contributed by atoms with van der Waals surface area (Å²) in [5, 5.41) is 18.1. The van der Waals surface area contributed by atoms with Gasteiger partial charge in [-0.25, -0.2) is 4.79 Å². The number of likely N-dealkylation sites (tertiary alicyclic amines) is 1. The van der Waals surface area contributed by atoms with Crippen molar-refractivity contribution in [2.24, 2.45) is 5.41 Å². The van der Waals surface area contributed by atoms with E-state index >= 15 is 0 Å². The van der Waals surface area contributed by atoms with Crippen LogP contribution in [0.4, 0.5) is 4.79 Å². The summed E-state index contributed by atoms with van der Waals surface area (Å²) in [5.74, 6) is 0.770. The van der Waals surface area contributed by atoms with Crippen molar-refractivity contribution in [1.82, 2.24) is 15.1 Å². The maximum atomic E-state index is 11.8. The fourth-order valence-electron chi connectivity index (χ4n) is 3.50. The number of carboxylic acid groups (broad SMARTS) is 1. The Morgan fingerprint density at radius 1 is 1.29 bits per heavy atom. The number of carbonyl (C=O) groups is 1. The van der Waals surface area contributed by atoms with Crippen LogP contribution in [-0.4, -0.2) is 32.8 Å². The molecule has 1 aromatic heterocycles. The minimum Gasteiger partial charge on any atom is -0.465 e. The summed E-state index contributed by atoms with van der Waals surface area (Å²) in [6.45, 7) is 6.51. The van der Waals surface area contributed by atoms with Crippen LogP contribution in [0.15, 0.2) is 33.2 Å². The maximum Gasteiger partial charge on any atom is 0.408 e. The van der Waals surface area contributed by atoms with Crippen molar-refractivity contribution < 1.29 is 14.3 Å². The molecule has 0 radical (unpaired) electrons. The number of benzene rings is 1. The third-order valence-corrected chi connectivity index (χ3v) is 5.25. The quantitative estimate of drug-likeness (QED) is 0.811. The molecule has 24 heavy (non-hydrogen) atoms.